The van der Waals surface area contributed by atoms with Gasteiger partial charge in [0.05, 0.1) is 6.26 Å². The van der Waals surface area contributed by atoms with E-state index in [4.69, 9.17) is 21.9 Å². The van der Waals surface area contributed by atoms with Gasteiger partial charge < -0.3 is 4.42 Å². The van der Waals surface area contributed by atoms with Crippen molar-refractivity contribution in [3.05, 3.63) is 58.5 Å². The molecular formula is C14H16ClN3O2. The number of hydrogen-bond donors (Lipinski definition) is 2. The molecule has 2 aromatic rings. The Bertz CT molecular complexity index is 598. The van der Waals surface area contributed by atoms with Gasteiger partial charge in [0, 0.05) is 23.7 Å². The maximum atomic E-state index is 11.5. The summed E-state index contributed by atoms with van der Waals surface area (Å²) in [6.45, 7) is 1.24. The summed E-state index contributed by atoms with van der Waals surface area (Å²) in [5, 5.41) is 0.728. The number of nitrogens with one attached hydrogen (secondary N) is 1. The molecule has 0 radical (unpaired) electrons. The normalized spacial score (nSPS) is 10.8. The van der Waals surface area contributed by atoms with E-state index in [1.807, 2.05) is 36.2 Å². The number of amides is 1. The summed E-state index contributed by atoms with van der Waals surface area (Å²) in [5.41, 5.74) is 3.88. The van der Waals surface area contributed by atoms with Gasteiger partial charge in [-0.25, -0.2) is 5.84 Å². The first-order valence-corrected chi connectivity index (χ1v) is 6.49. The Balaban J connectivity index is 2.05. The van der Waals surface area contributed by atoms with Crippen LogP contribution in [0.2, 0.25) is 5.02 Å². The molecule has 106 valence electrons. The van der Waals surface area contributed by atoms with Gasteiger partial charge in [-0.15, -0.1) is 0 Å². The lowest BCUT2D eigenvalue weighted by Crippen LogP contribution is -2.31. The quantitative estimate of drug-likeness (QED) is 0.503. The molecule has 0 spiro atoms. The van der Waals surface area contributed by atoms with Gasteiger partial charge in [-0.2, -0.15) is 0 Å². The third kappa shape index (κ3) is 3.39. The van der Waals surface area contributed by atoms with Crippen LogP contribution in [0, 0.1) is 0 Å². The van der Waals surface area contributed by atoms with Gasteiger partial charge in [-0.1, -0.05) is 29.8 Å². The molecule has 0 atom stereocenters. The summed E-state index contributed by atoms with van der Waals surface area (Å²) in [6.07, 6.45) is 1.48. The molecule has 0 saturated heterocycles. The second-order valence-electron chi connectivity index (χ2n) is 4.51. The van der Waals surface area contributed by atoms with Crippen molar-refractivity contribution in [2.75, 3.05) is 7.05 Å². The van der Waals surface area contributed by atoms with Crippen LogP contribution in [0.1, 0.15) is 21.7 Å². The van der Waals surface area contributed by atoms with Crippen molar-refractivity contribution in [1.82, 2.24) is 10.3 Å². The second-order valence-corrected chi connectivity index (χ2v) is 4.92. The van der Waals surface area contributed by atoms with Crippen molar-refractivity contribution in [3.63, 3.8) is 0 Å². The average molecular weight is 294 g/mol. The average Bonchev–Trinajstić information content (AvgIpc) is 2.88. The zero-order chi connectivity index (χ0) is 14.5. The summed E-state index contributed by atoms with van der Waals surface area (Å²) in [6, 6.07) is 9.43. The van der Waals surface area contributed by atoms with E-state index in [-0.39, 0.29) is 5.76 Å². The van der Waals surface area contributed by atoms with Crippen LogP contribution in [-0.2, 0) is 13.1 Å². The Labute approximate surface area is 122 Å². The number of furan rings is 1. The van der Waals surface area contributed by atoms with Crippen molar-refractivity contribution in [2.45, 2.75) is 13.1 Å². The summed E-state index contributed by atoms with van der Waals surface area (Å²) < 4.78 is 5.15. The molecule has 0 aliphatic rings. The van der Waals surface area contributed by atoms with Crippen molar-refractivity contribution in [1.29, 1.82) is 0 Å². The minimum atomic E-state index is -0.434. The molecule has 20 heavy (non-hydrogen) atoms. The SMILES string of the molecule is CN(Cc1ccccc1Cl)Cc1ccoc1C(=O)NN. The Morgan fingerprint density at radius 1 is 1.30 bits per heavy atom. The maximum absolute atomic E-state index is 11.5. The van der Waals surface area contributed by atoms with E-state index in [0.717, 1.165) is 16.1 Å². The number of benzene rings is 1. The fraction of sp³-hybridized carbons (Fsp3) is 0.214. The Morgan fingerprint density at radius 2 is 2.00 bits per heavy atom. The van der Waals surface area contributed by atoms with Crippen molar-refractivity contribution in [3.8, 4) is 0 Å². The van der Waals surface area contributed by atoms with Gasteiger partial charge in [0.2, 0.25) is 0 Å². The zero-order valence-corrected chi connectivity index (χ0v) is 11.9. The number of nitrogen functional groups attached to an aromatic ring is 1. The Kier molecular flexibility index (Phi) is 4.79. The summed E-state index contributed by atoms with van der Waals surface area (Å²) in [4.78, 5) is 13.6. The van der Waals surface area contributed by atoms with Crippen LogP contribution >= 0.6 is 11.6 Å². The number of nitrogens with zero attached hydrogens (tertiary/aromatic N) is 1. The van der Waals surface area contributed by atoms with Crippen LogP contribution < -0.4 is 11.3 Å². The molecular weight excluding hydrogens is 278 g/mol. The Morgan fingerprint density at radius 3 is 2.70 bits per heavy atom. The molecule has 1 aromatic carbocycles. The first-order valence-electron chi connectivity index (χ1n) is 6.11. The number of carbonyl (C=O) groups is 1. The summed E-state index contributed by atoms with van der Waals surface area (Å²) in [5.74, 6) is 4.92. The molecule has 1 amide bonds. The molecule has 0 aliphatic heterocycles. The van der Waals surface area contributed by atoms with Gasteiger partial charge in [-0.05, 0) is 24.7 Å². The van der Waals surface area contributed by atoms with E-state index in [1.54, 1.807) is 6.07 Å². The van der Waals surface area contributed by atoms with Crippen LogP contribution in [0.15, 0.2) is 41.0 Å². The molecule has 0 unspecified atom stereocenters. The summed E-state index contributed by atoms with van der Waals surface area (Å²) in [7, 11) is 1.94. The van der Waals surface area contributed by atoms with E-state index in [2.05, 4.69) is 5.43 Å². The van der Waals surface area contributed by atoms with E-state index >= 15 is 0 Å². The highest BCUT2D eigenvalue weighted by atomic mass is 35.5. The lowest BCUT2D eigenvalue weighted by molar-refractivity contribution is 0.0923. The minimum absolute atomic E-state index is 0.235. The fourth-order valence-corrected chi connectivity index (χ4v) is 2.18. The van der Waals surface area contributed by atoms with E-state index in [1.165, 1.54) is 6.26 Å². The first-order chi connectivity index (χ1) is 9.61. The van der Waals surface area contributed by atoms with E-state index in [9.17, 15) is 4.79 Å². The van der Waals surface area contributed by atoms with Crippen LogP contribution in [0.3, 0.4) is 0 Å². The molecule has 0 aliphatic carbocycles. The van der Waals surface area contributed by atoms with Gasteiger partial charge in [0.1, 0.15) is 0 Å². The third-order valence-electron chi connectivity index (χ3n) is 2.92. The summed E-state index contributed by atoms with van der Waals surface area (Å²) >= 11 is 6.13. The predicted octanol–water partition coefficient (Wildman–Crippen LogP) is 2.17. The molecule has 2 rings (SSSR count). The number of hydrazine groups is 1. The first kappa shape index (κ1) is 14.6. The van der Waals surface area contributed by atoms with Gasteiger partial charge in [0.25, 0.3) is 0 Å². The fourth-order valence-electron chi connectivity index (χ4n) is 1.99. The number of halogens is 1. The molecule has 3 N–H and O–H groups in total. The highest BCUT2D eigenvalue weighted by Gasteiger charge is 2.15. The van der Waals surface area contributed by atoms with Crippen molar-refractivity contribution >= 4 is 17.5 Å². The lowest BCUT2D eigenvalue weighted by Gasteiger charge is -2.17. The molecule has 6 heteroatoms. The monoisotopic (exact) mass is 293 g/mol. The number of hydrogen-bond acceptors (Lipinski definition) is 4. The lowest BCUT2D eigenvalue weighted by atomic mass is 10.2. The molecule has 5 nitrogen and oxygen atoms in total. The molecule has 1 heterocycles. The predicted molar refractivity (Wildman–Crippen MR) is 77.0 cm³/mol. The smallest absolute Gasteiger partial charge is 0.301 e. The number of nitrogens with two attached hydrogens (primary N) is 1. The van der Waals surface area contributed by atoms with Crippen molar-refractivity contribution < 1.29 is 9.21 Å². The highest BCUT2D eigenvalue weighted by Crippen LogP contribution is 2.18. The van der Waals surface area contributed by atoms with E-state index < -0.39 is 5.91 Å². The molecule has 0 saturated carbocycles. The van der Waals surface area contributed by atoms with Crippen LogP contribution in [0.5, 0.6) is 0 Å². The standard InChI is InChI=1S/C14H16ClN3O2/c1-18(8-10-4-2-3-5-12(10)15)9-11-6-7-20-13(11)14(19)17-16/h2-7H,8-9,16H2,1H3,(H,17,19). The highest BCUT2D eigenvalue weighted by molar-refractivity contribution is 6.31. The minimum Gasteiger partial charge on any atom is -0.459 e. The van der Waals surface area contributed by atoms with Gasteiger partial charge in [-0.3, -0.25) is 15.1 Å². The molecule has 0 bridgehead atoms. The van der Waals surface area contributed by atoms with Gasteiger partial charge >= 0.3 is 5.91 Å². The van der Waals surface area contributed by atoms with Crippen molar-refractivity contribution in [2.24, 2.45) is 5.84 Å². The van der Waals surface area contributed by atoms with Crippen LogP contribution in [0.4, 0.5) is 0 Å². The number of rotatable bonds is 5. The largest absolute Gasteiger partial charge is 0.459 e. The van der Waals surface area contributed by atoms with Crippen LogP contribution in [0.25, 0.3) is 0 Å². The van der Waals surface area contributed by atoms with E-state index in [0.29, 0.717) is 13.1 Å². The Hall–Kier alpha value is -1.82. The van der Waals surface area contributed by atoms with Gasteiger partial charge in [0.15, 0.2) is 5.76 Å². The third-order valence-corrected chi connectivity index (χ3v) is 3.29. The molecule has 1 aromatic heterocycles. The topological polar surface area (TPSA) is 71.5 Å². The second kappa shape index (κ2) is 6.56. The maximum Gasteiger partial charge on any atom is 0.301 e. The number of carbonyl (C=O) groups excluding carboxylic acids is 1. The zero-order valence-electron chi connectivity index (χ0n) is 11.1. The van der Waals surface area contributed by atoms with Crippen LogP contribution in [-0.4, -0.2) is 17.9 Å². The molecule has 0 fully saturated rings.